The summed E-state index contributed by atoms with van der Waals surface area (Å²) in [7, 11) is 1.39. The van der Waals surface area contributed by atoms with Crippen LogP contribution in [0.3, 0.4) is 0 Å². The molecule has 136 valence electrons. The Bertz CT molecular complexity index is 904. The minimum atomic E-state index is -0.354. The summed E-state index contributed by atoms with van der Waals surface area (Å²) in [6, 6.07) is 6.00. The van der Waals surface area contributed by atoms with Gasteiger partial charge >= 0.3 is 11.9 Å². The quantitative estimate of drug-likeness (QED) is 0.466. The summed E-state index contributed by atoms with van der Waals surface area (Å²) in [6.45, 7) is 1.95. The van der Waals surface area contributed by atoms with Crippen LogP contribution < -0.4 is 4.74 Å². The highest BCUT2D eigenvalue weighted by molar-refractivity contribution is 6.06. The summed E-state index contributed by atoms with van der Waals surface area (Å²) in [4.78, 5) is 24.8. The molecule has 0 saturated heterocycles. The molecule has 1 unspecified atom stereocenters. The molecule has 0 radical (unpaired) electrons. The van der Waals surface area contributed by atoms with Gasteiger partial charge in [-0.1, -0.05) is 12.2 Å². The first kappa shape index (κ1) is 16.9. The molecule has 4 rings (SSSR count). The normalized spacial score (nSPS) is 19.5. The number of carbonyl (C=O) groups excluding carboxylic acids is 2. The lowest BCUT2D eigenvalue weighted by Gasteiger charge is -2.16. The summed E-state index contributed by atoms with van der Waals surface area (Å²) in [5.74, 6) is -0.164. The number of benzene rings is 1. The second kappa shape index (κ2) is 6.63. The van der Waals surface area contributed by atoms with E-state index in [1.807, 2.05) is 25.1 Å². The van der Waals surface area contributed by atoms with Gasteiger partial charge in [0.2, 0.25) is 0 Å². The second-order valence-electron chi connectivity index (χ2n) is 7.13. The van der Waals surface area contributed by atoms with Gasteiger partial charge in [-0.3, -0.25) is 4.79 Å². The van der Waals surface area contributed by atoms with Gasteiger partial charge in [0.25, 0.3) is 0 Å². The molecule has 0 spiro atoms. The van der Waals surface area contributed by atoms with E-state index in [-0.39, 0.29) is 17.9 Å². The van der Waals surface area contributed by atoms with Gasteiger partial charge in [0.15, 0.2) is 0 Å². The van der Waals surface area contributed by atoms with Crippen molar-refractivity contribution in [2.24, 2.45) is 5.92 Å². The largest absolute Gasteiger partial charge is 0.465 e. The number of rotatable bonds is 4. The average Bonchev–Trinajstić information content (AvgIpc) is 3.45. The molecule has 2 aliphatic carbocycles. The molecule has 26 heavy (non-hydrogen) atoms. The third kappa shape index (κ3) is 2.91. The Morgan fingerprint density at radius 2 is 1.96 bits per heavy atom. The van der Waals surface area contributed by atoms with Gasteiger partial charge in [-0.25, -0.2) is 4.79 Å². The number of carbonyl (C=O) groups is 2. The predicted molar refractivity (Wildman–Crippen MR) is 98.4 cm³/mol. The monoisotopic (exact) mass is 353 g/mol. The number of esters is 2. The zero-order valence-corrected chi connectivity index (χ0v) is 15.2. The lowest BCUT2D eigenvalue weighted by Crippen LogP contribution is -2.21. The fourth-order valence-corrected chi connectivity index (χ4v) is 3.86. The molecular weight excluding hydrogens is 330 g/mol. The van der Waals surface area contributed by atoms with Gasteiger partial charge in [-0.15, -0.1) is 0 Å². The summed E-state index contributed by atoms with van der Waals surface area (Å²) in [5.41, 5.74) is 2.47. The Morgan fingerprint density at radius 1 is 1.15 bits per heavy atom. The molecule has 1 atom stereocenters. The second-order valence-corrected chi connectivity index (χ2v) is 7.13. The van der Waals surface area contributed by atoms with E-state index in [0.717, 1.165) is 48.7 Å². The van der Waals surface area contributed by atoms with Gasteiger partial charge in [0.1, 0.15) is 5.75 Å². The van der Waals surface area contributed by atoms with E-state index in [2.05, 4.69) is 10.6 Å². The first-order chi connectivity index (χ1) is 12.6. The number of allylic oxidation sites excluding steroid dienone is 2. The lowest BCUT2D eigenvalue weighted by molar-refractivity contribution is -0.139. The maximum absolute atomic E-state index is 12.4. The van der Waals surface area contributed by atoms with Crippen LogP contribution >= 0.6 is 0 Å². The molecular formula is C21H23NO4. The smallest absolute Gasteiger partial charge is 0.340 e. The first-order valence-electron chi connectivity index (χ1n) is 9.19. The van der Waals surface area contributed by atoms with E-state index in [1.165, 1.54) is 7.11 Å². The predicted octanol–water partition coefficient (Wildman–Crippen LogP) is 4.33. The highest BCUT2D eigenvalue weighted by atomic mass is 16.5. The summed E-state index contributed by atoms with van der Waals surface area (Å²) in [6.07, 6.45) is 8.84. The Kier molecular flexibility index (Phi) is 4.31. The van der Waals surface area contributed by atoms with Crippen molar-refractivity contribution < 1.29 is 19.1 Å². The van der Waals surface area contributed by atoms with Crippen molar-refractivity contribution in [2.75, 3.05) is 7.11 Å². The topological polar surface area (TPSA) is 57.5 Å². The molecule has 5 heteroatoms. The van der Waals surface area contributed by atoms with E-state index in [0.29, 0.717) is 17.4 Å². The van der Waals surface area contributed by atoms with Crippen molar-refractivity contribution in [3.05, 3.63) is 41.6 Å². The molecule has 1 heterocycles. The van der Waals surface area contributed by atoms with Crippen LogP contribution in [0.2, 0.25) is 0 Å². The average molecular weight is 353 g/mol. The molecule has 0 amide bonds. The van der Waals surface area contributed by atoms with E-state index < -0.39 is 0 Å². The summed E-state index contributed by atoms with van der Waals surface area (Å²) in [5, 5.41) is 0.787. The Morgan fingerprint density at radius 3 is 2.62 bits per heavy atom. The molecule has 1 saturated carbocycles. The summed E-state index contributed by atoms with van der Waals surface area (Å²) < 4.78 is 12.8. The standard InChI is InChI=1S/C21H23NO4/c1-13-19(21(24)25-2)17-12-16(10-11-18(17)22(13)15-8-9-15)26-20(23)14-6-4-3-5-7-14/h3-4,10-12,14-15H,5-9H2,1-2H3. The molecule has 0 N–H and O–H groups in total. The highest BCUT2D eigenvalue weighted by Crippen LogP contribution is 2.42. The van der Waals surface area contributed by atoms with Crippen LogP contribution in [-0.2, 0) is 9.53 Å². The molecule has 5 nitrogen and oxygen atoms in total. The molecule has 0 bridgehead atoms. The Labute approximate surface area is 152 Å². The van der Waals surface area contributed by atoms with E-state index in [1.54, 1.807) is 6.07 Å². The van der Waals surface area contributed by atoms with Crippen molar-refractivity contribution in [2.45, 2.75) is 45.1 Å². The lowest BCUT2D eigenvalue weighted by atomic mass is 9.95. The van der Waals surface area contributed by atoms with Crippen LogP contribution in [0.5, 0.6) is 5.75 Å². The van der Waals surface area contributed by atoms with Crippen LogP contribution in [0.1, 0.15) is 54.2 Å². The minimum absolute atomic E-state index is 0.0893. The first-order valence-corrected chi connectivity index (χ1v) is 9.19. The number of nitrogens with zero attached hydrogens (tertiary/aromatic N) is 1. The Hall–Kier alpha value is -2.56. The van der Waals surface area contributed by atoms with Gasteiger partial charge < -0.3 is 14.0 Å². The minimum Gasteiger partial charge on any atom is -0.465 e. The van der Waals surface area contributed by atoms with E-state index in [9.17, 15) is 9.59 Å². The third-order valence-electron chi connectivity index (χ3n) is 5.34. The summed E-state index contributed by atoms with van der Waals surface area (Å²) >= 11 is 0. The Balaban J connectivity index is 1.70. The number of hydrogen-bond donors (Lipinski definition) is 0. The van der Waals surface area contributed by atoms with Crippen molar-refractivity contribution >= 4 is 22.8 Å². The molecule has 2 aliphatic rings. The van der Waals surface area contributed by atoms with Crippen LogP contribution in [0, 0.1) is 12.8 Å². The van der Waals surface area contributed by atoms with Crippen molar-refractivity contribution in [1.29, 1.82) is 0 Å². The molecule has 1 aromatic heterocycles. The number of methoxy groups -OCH3 is 1. The molecule has 1 aromatic carbocycles. The maximum Gasteiger partial charge on any atom is 0.340 e. The molecule has 2 aromatic rings. The fourth-order valence-electron chi connectivity index (χ4n) is 3.86. The van der Waals surface area contributed by atoms with Crippen LogP contribution in [-0.4, -0.2) is 23.6 Å². The number of aromatic nitrogens is 1. The van der Waals surface area contributed by atoms with E-state index in [4.69, 9.17) is 9.47 Å². The van der Waals surface area contributed by atoms with Crippen LogP contribution in [0.25, 0.3) is 10.9 Å². The van der Waals surface area contributed by atoms with Gasteiger partial charge in [-0.2, -0.15) is 0 Å². The van der Waals surface area contributed by atoms with Crippen LogP contribution in [0.4, 0.5) is 0 Å². The number of fused-ring (bicyclic) bond motifs is 1. The van der Waals surface area contributed by atoms with Crippen molar-refractivity contribution in [3.8, 4) is 5.75 Å². The zero-order chi connectivity index (χ0) is 18.3. The van der Waals surface area contributed by atoms with Gasteiger partial charge in [-0.05, 0) is 57.2 Å². The van der Waals surface area contributed by atoms with Crippen LogP contribution in [0.15, 0.2) is 30.4 Å². The molecule has 0 aliphatic heterocycles. The van der Waals surface area contributed by atoms with Crippen molar-refractivity contribution in [1.82, 2.24) is 4.57 Å². The fraction of sp³-hybridized carbons (Fsp3) is 0.429. The van der Waals surface area contributed by atoms with E-state index >= 15 is 0 Å². The number of hydrogen-bond acceptors (Lipinski definition) is 4. The maximum atomic E-state index is 12.4. The van der Waals surface area contributed by atoms with Gasteiger partial charge in [0.05, 0.1) is 18.6 Å². The SMILES string of the molecule is COC(=O)c1c(C)n(C2CC2)c2ccc(OC(=O)C3CC=CCC3)cc12. The number of ether oxygens (including phenoxy) is 2. The van der Waals surface area contributed by atoms with Gasteiger partial charge in [0, 0.05) is 22.6 Å². The van der Waals surface area contributed by atoms with Crippen molar-refractivity contribution in [3.63, 3.8) is 0 Å². The zero-order valence-electron chi connectivity index (χ0n) is 15.2. The third-order valence-corrected chi connectivity index (χ3v) is 5.34. The highest BCUT2D eigenvalue weighted by Gasteiger charge is 2.31. The molecule has 1 fully saturated rings.